The average Bonchev–Trinajstić information content (AvgIpc) is 3.55. The van der Waals surface area contributed by atoms with Gasteiger partial charge in [0.1, 0.15) is 23.6 Å². The number of nitrogens with one attached hydrogen (secondary N) is 1. The summed E-state index contributed by atoms with van der Waals surface area (Å²) in [5.41, 5.74) is 2.06. The second-order valence-electron chi connectivity index (χ2n) is 8.15. The smallest absolute Gasteiger partial charge is 0.277 e. The third-order valence-corrected chi connectivity index (χ3v) is 5.70. The number of amides is 1. The molecule has 0 radical (unpaired) electrons. The zero-order chi connectivity index (χ0) is 24.5. The fourth-order valence-electron chi connectivity index (χ4n) is 3.93. The van der Waals surface area contributed by atoms with Crippen molar-refractivity contribution < 1.29 is 19.0 Å². The lowest BCUT2D eigenvalue weighted by Crippen LogP contribution is -2.28. The van der Waals surface area contributed by atoms with E-state index in [2.05, 4.69) is 10.4 Å². The van der Waals surface area contributed by atoms with Gasteiger partial charge in [0.15, 0.2) is 11.5 Å². The molecule has 1 aliphatic heterocycles. The number of aromatic nitrogens is 3. The van der Waals surface area contributed by atoms with Crippen LogP contribution in [-0.2, 0) is 11.3 Å². The third kappa shape index (κ3) is 4.25. The lowest BCUT2D eigenvalue weighted by atomic mass is 10.1. The maximum absolute atomic E-state index is 13.0. The molecule has 5 aromatic rings. The molecule has 1 amide bonds. The van der Waals surface area contributed by atoms with Gasteiger partial charge < -0.3 is 24.1 Å². The molecule has 36 heavy (non-hydrogen) atoms. The largest absolute Gasteiger partial charge is 0.457 e. The van der Waals surface area contributed by atoms with Crippen LogP contribution in [0.25, 0.3) is 16.8 Å². The van der Waals surface area contributed by atoms with E-state index in [1.54, 1.807) is 42.7 Å². The number of hydrogen-bond acceptors (Lipinski definition) is 6. The minimum Gasteiger partial charge on any atom is -0.457 e. The molecular formula is C27H20N4O5. The lowest BCUT2D eigenvalue weighted by Gasteiger charge is -2.09. The van der Waals surface area contributed by atoms with E-state index < -0.39 is 0 Å². The van der Waals surface area contributed by atoms with Crippen LogP contribution in [0.5, 0.6) is 23.0 Å². The summed E-state index contributed by atoms with van der Waals surface area (Å²) in [4.78, 5) is 25.7. The van der Waals surface area contributed by atoms with E-state index in [0.717, 1.165) is 11.3 Å². The number of benzene rings is 3. The highest BCUT2D eigenvalue weighted by Crippen LogP contribution is 2.35. The van der Waals surface area contributed by atoms with Gasteiger partial charge in [-0.05, 0) is 60.7 Å². The topological polar surface area (TPSA) is 96.1 Å². The van der Waals surface area contributed by atoms with Crippen molar-refractivity contribution in [1.29, 1.82) is 0 Å². The highest BCUT2D eigenvalue weighted by molar-refractivity contribution is 5.90. The van der Waals surface area contributed by atoms with Crippen molar-refractivity contribution in [3.63, 3.8) is 0 Å². The number of rotatable bonds is 6. The van der Waals surface area contributed by atoms with Crippen LogP contribution in [0.15, 0.2) is 96.1 Å². The molecule has 0 saturated heterocycles. The van der Waals surface area contributed by atoms with E-state index in [0.29, 0.717) is 34.1 Å². The Morgan fingerprint density at radius 3 is 2.53 bits per heavy atom. The molecule has 1 aliphatic rings. The molecule has 9 nitrogen and oxygen atoms in total. The highest BCUT2D eigenvalue weighted by Gasteiger charge is 2.16. The molecule has 3 heterocycles. The maximum Gasteiger partial charge on any atom is 0.277 e. The predicted molar refractivity (Wildman–Crippen MR) is 133 cm³/mol. The Balaban J connectivity index is 1.16. The molecule has 3 aromatic carbocycles. The predicted octanol–water partition coefficient (Wildman–Crippen LogP) is 4.32. The van der Waals surface area contributed by atoms with Crippen LogP contribution < -0.4 is 25.1 Å². The Kier molecular flexibility index (Phi) is 5.34. The van der Waals surface area contributed by atoms with Gasteiger partial charge in [-0.2, -0.15) is 5.10 Å². The summed E-state index contributed by atoms with van der Waals surface area (Å²) >= 11 is 0. The Morgan fingerprint density at radius 1 is 0.917 bits per heavy atom. The third-order valence-electron chi connectivity index (χ3n) is 5.70. The average molecular weight is 480 g/mol. The first-order valence-electron chi connectivity index (χ1n) is 11.2. The summed E-state index contributed by atoms with van der Waals surface area (Å²) in [5, 5.41) is 7.30. The van der Waals surface area contributed by atoms with Gasteiger partial charge in [0.25, 0.3) is 5.56 Å². The van der Waals surface area contributed by atoms with Gasteiger partial charge in [-0.15, -0.1) is 0 Å². The molecule has 1 N–H and O–H groups in total. The SMILES string of the molecule is O=C(Cn1ccn2nc(-c3ccc4c(c3)OCO4)cc2c1=O)Nc1ccc(Oc2ccccc2)cc1. The molecular weight excluding hydrogens is 460 g/mol. The van der Waals surface area contributed by atoms with Crippen molar-refractivity contribution in [2.24, 2.45) is 0 Å². The number of para-hydroxylation sites is 1. The van der Waals surface area contributed by atoms with E-state index in [9.17, 15) is 9.59 Å². The second-order valence-corrected chi connectivity index (χ2v) is 8.15. The minimum absolute atomic E-state index is 0.137. The Labute approximate surface area is 205 Å². The zero-order valence-electron chi connectivity index (χ0n) is 19.0. The first-order valence-corrected chi connectivity index (χ1v) is 11.2. The first-order chi connectivity index (χ1) is 17.6. The summed E-state index contributed by atoms with van der Waals surface area (Å²) in [6.07, 6.45) is 3.19. The minimum atomic E-state index is -0.325. The maximum atomic E-state index is 13.0. The number of ether oxygens (including phenoxy) is 3. The van der Waals surface area contributed by atoms with Crippen LogP contribution in [0.1, 0.15) is 0 Å². The second kappa shape index (κ2) is 8.95. The van der Waals surface area contributed by atoms with Gasteiger partial charge in [-0.3, -0.25) is 9.59 Å². The Bertz CT molecular complexity index is 1620. The molecule has 0 saturated carbocycles. The molecule has 9 heteroatoms. The molecule has 0 fully saturated rings. The van der Waals surface area contributed by atoms with Gasteiger partial charge in [0.2, 0.25) is 12.7 Å². The number of fused-ring (bicyclic) bond motifs is 2. The molecule has 178 valence electrons. The standard InChI is InChI=1S/C27H20N4O5/c32-26(28-19-7-9-21(10-8-19)36-20-4-2-1-3-5-20)16-30-12-13-31-23(27(30)33)15-22(29-31)18-6-11-24-25(14-18)35-17-34-24/h1-15H,16-17H2,(H,28,32). The monoisotopic (exact) mass is 480 g/mol. The Hall–Kier alpha value is -5.05. The van der Waals surface area contributed by atoms with E-state index in [1.165, 1.54) is 9.08 Å². The molecule has 0 atom stereocenters. The number of carbonyl (C=O) groups is 1. The summed E-state index contributed by atoms with van der Waals surface area (Å²) in [7, 11) is 0. The van der Waals surface area contributed by atoms with Crippen molar-refractivity contribution in [2.45, 2.75) is 6.54 Å². The van der Waals surface area contributed by atoms with Crippen LogP contribution in [0.4, 0.5) is 5.69 Å². The van der Waals surface area contributed by atoms with Crippen molar-refractivity contribution >= 4 is 17.1 Å². The van der Waals surface area contributed by atoms with Gasteiger partial charge in [-0.25, -0.2) is 4.52 Å². The summed E-state index contributed by atoms with van der Waals surface area (Å²) in [5.74, 6) is 2.37. The number of hydrogen-bond donors (Lipinski definition) is 1. The normalized spacial score (nSPS) is 12.0. The number of carbonyl (C=O) groups excluding carboxylic acids is 1. The van der Waals surface area contributed by atoms with Crippen LogP contribution >= 0.6 is 0 Å². The molecule has 0 unspecified atom stereocenters. The van der Waals surface area contributed by atoms with Crippen molar-refractivity contribution in [3.05, 3.63) is 102 Å². The van der Waals surface area contributed by atoms with E-state index in [4.69, 9.17) is 14.2 Å². The van der Waals surface area contributed by atoms with Crippen LogP contribution in [-0.4, -0.2) is 26.9 Å². The van der Waals surface area contributed by atoms with Crippen molar-refractivity contribution in [1.82, 2.24) is 14.2 Å². The summed E-state index contributed by atoms with van der Waals surface area (Å²) in [6, 6.07) is 23.7. The quantitative estimate of drug-likeness (QED) is 0.389. The molecule has 2 aromatic heterocycles. The van der Waals surface area contributed by atoms with Crippen LogP contribution in [0, 0.1) is 0 Å². The van der Waals surface area contributed by atoms with Crippen LogP contribution in [0.2, 0.25) is 0 Å². The van der Waals surface area contributed by atoms with Crippen molar-refractivity contribution in [3.8, 4) is 34.3 Å². The first kappa shape index (κ1) is 21.5. The van der Waals surface area contributed by atoms with Gasteiger partial charge in [0, 0.05) is 23.6 Å². The highest BCUT2D eigenvalue weighted by atomic mass is 16.7. The number of anilines is 1. The van der Waals surface area contributed by atoms with Gasteiger partial charge in [0.05, 0.1) is 5.69 Å². The fraction of sp³-hybridized carbons (Fsp3) is 0.0741. The molecule has 0 bridgehead atoms. The molecule has 0 aliphatic carbocycles. The number of nitrogens with zero attached hydrogens (tertiary/aromatic N) is 3. The summed E-state index contributed by atoms with van der Waals surface area (Å²) < 4.78 is 19.4. The van der Waals surface area contributed by atoms with Crippen LogP contribution in [0.3, 0.4) is 0 Å². The van der Waals surface area contributed by atoms with E-state index in [-0.39, 0.29) is 24.8 Å². The fourth-order valence-corrected chi connectivity index (χ4v) is 3.93. The van der Waals surface area contributed by atoms with Crippen molar-refractivity contribution in [2.75, 3.05) is 12.1 Å². The summed E-state index contributed by atoms with van der Waals surface area (Å²) in [6.45, 7) is 0.0461. The zero-order valence-corrected chi connectivity index (χ0v) is 19.0. The molecule has 0 spiro atoms. The van der Waals surface area contributed by atoms with Gasteiger partial charge >= 0.3 is 0 Å². The van der Waals surface area contributed by atoms with Gasteiger partial charge in [-0.1, -0.05) is 18.2 Å². The lowest BCUT2D eigenvalue weighted by molar-refractivity contribution is -0.116. The molecule has 6 rings (SSSR count). The Morgan fingerprint density at radius 2 is 1.69 bits per heavy atom. The van der Waals surface area contributed by atoms with E-state index >= 15 is 0 Å². The van der Waals surface area contributed by atoms with E-state index in [1.807, 2.05) is 48.5 Å².